The standard InChI is InChI=1S/C36H51FN2O.C9H18O2.C8H16.C7H16.C4H10/c1-12-17-33(32(37)16-5)39-29(11)28(10)34(38-22-15-4)24-26(8)30-18-19-31(27(9)23-30)36(20-13-2,21-14-3)35(40)25(6)7;1-6-7(2)8(10)11-9(3,4)5;1-3-4-8-5-7(2)6-8;1-5-7(3,4)6-2;1-4(2)3/h12,16-19,22-25,39H,5,8,13-15,20-21H2,1-4,6-7,9-11H3;7H,6H2,1-5H3;7-8H,3-6H2,1-2H3;5-6H2,1-4H3;4H,1-3H3/b17-12-,29-28+,33-32-,34-24+,38-22?;;;;. The van der Waals surface area contributed by atoms with Crippen LogP contribution in [-0.4, -0.2) is 23.6 Å². The van der Waals surface area contributed by atoms with E-state index in [1.54, 1.807) is 12.2 Å². The average Bonchev–Trinajstić information content (AvgIpc) is 3.28. The van der Waals surface area contributed by atoms with Crippen LogP contribution < -0.4 is 5.32 Å². The van der Waals surface area contributed by atoms with Crippen molar-refractivity contribution in [3.8, 4) is 0 Å². The number of hydrogen-bond acceptors (Lipinski definition) is 5. The molecule has 1 aliphatic rings. The first-order valence-corrected chi connectivity index (χ1v) is 27.4. The quantitative estimate of drug-likeness (QED) is 0.0714. The van der Waals surface area contributed by atoms with Crippen LogP contribution in [0.25, 0.3) is 5.57 Å². The predicted molar refractivity (Wildman–Crippen MR) is 310 cm³/mol. The zero-order chi connectivity index (χ0) is 55.0. The number of nitrogens with zero attached hydrogens (tertiary/aromatic N) is 1. The fourth-order valence-corrected chi connectivity index (χ4v) is 7.74. The summed E-state index contributed by atoms with van der Waals surface area (Å²) in [6.45, 7) is 55.8. The van der Waals surface area contributed by atoms with Crippen LogP contribution in [0.4, 0.5) is 4.39 Å². The third-order valence-electron chi connectivity index (χ3n) is 12.7. The lowest BCUT2D eigenvalue weighted by molar-refractivity contribution is -0.159. The summed E-state index contributed by atoms with van der Waals surface area (Å²) in [5.74, 6) is 2.79. The van der Waals surface area contributed by atoms with Gasteiger partial charge in [0, 0.05) is 17.8 Å². The van der Waals surface area contributed by atoms with Crippen LogP contribution in [0, 0.1) is 41.9 Å². The molecule has 402 valence electrons. The molecule has 0 aliphatic heterocycles. The van der Waals surface area contributed by atoms with E-state index < -0.39 is 11.2 Å². The van der Waals surface area contributed by atoms with Gasteiger partial charge >= 0.3 is 5.97 Å². The van der Waals surface area contributed by atoms with Crippen LogP contribution in [0.5, 0.6) is 0 Å². The van der Waals surface area contributed by atoms with Gasteiger partial charge in [-0.15, -0.1) is 0 Å². The lowest BCUT2D eigenvalue weighted by atomic mass is 9.66. The minimum absolute atomic E-state index is 0.0224. The highest BCUT2D eigenvalue weighted by Crippen LogP contribution is 2.40. The van der Waals surface area contributed by atoms with E-state index in [1.807, 2.05) is 88.5 Å². The number of halogens is 1. The molecule has 6 heteroatoms. The van der Waals surface area contributed by atoms with Crippen molar-refractivity contribution in [3.63, 3.8) is 0 Å². The van der Waals surface area contributed by atoms with E-state index >= 15 is 0 Å². The summed E-state index contributed by atoms with van der Waals surface area (Å²) in [7, 11) is 0. The third kappa shape index (κ3) is 28.9. The average molecular weight is 976 g/mol. The Bertz CT molecular complexity index is 1810. The van der Waals surface area contributed by atoms with Gasteiger partial charge in [-0.25, -0.2) is 4.39 Å². The number of nitrogens with one attached hydrogen (secondary N) is 1. The van der Waals surface area contributed by atoms with E-state index in [2.05, 4.69) is 120 Å². The summed E-state index contributed by atoms with van der Waals surface area (Å²) in [5.41, 5.74) is 6.56. The van der Waals surface area contributed by atoms with Crippen molar-refractivity contribution in [1.29, 1.82) is 0 Å². The Morgan fingerprint density at radius 1 is 0.900 bits per heavy atom. The van der Waals surface area contributed by atoms with E-state index in [4.69, 9.17) is 9.73 Å². The van der Waals surface area contributed by atoms with E-state index in [0.29, 0.717) is 16.9 Å². The Morgan fingerprint density at radius 2 is 1.43 bits per heavy atom. The van der Waals surface area contributed by atoms with Gasteiger partial charge in [0.2, 0.25) is 0 Å². The fraction of sp³-hybridized carbons (Fsp3) is 0.672. The first-order valence-electron chi connectivity index (χ1n) is 27.4. The highest BCUT2D eigenvalue weighted by Gasteiger charge is 2.40. The number of allylic oxidation sites excluding steroid dienone is 8. The van der Waals surface area contributed by atoms with E-state index in [9.17, 15) is 14.0 Å². The first-order chi connectivity index (χ1) is 32.5. The third-order valence-corrected chi connectivity index (χ3v) is 12.7. The van der Waals surface area contributed by atoms with Crippen molar-refractivity contribution in [2.45, 2.75) is 247 Å². The molecule has 0 amide bonds. The predicted octanol–water partition coefficient (Wildman–Crippen LogP) is 20.0. The SMILES string of the molecule is C=C/C(F)=C(\C=C/C)N/C(C)=C(C)/C(=C\C(=C)c1ccc(C(CCC)(CCC)C(=O)C(C)C)c(C)c1)N=CCC.CC(C)C.CCC(C)(C)CC.CCC(C)C(=O)OC(C)(C)C.CCCC1CC(C)C1. The number of aliphatic imine (C=N–C) groups is 1. The number of carbonyl (C=O) groups is 2. The first kappa shape index (κ1) is 70.5. The maximum atomic E-state index is 14.3. The molecule has 1 aromatic rings. The molecule has 1 N–H and O–H groups in total. The summed E-state index contributed by atoms with van der Waals surface area (Å²) < 4.78 is 19.5. The molecule has 2 rings (SSSR count). The lowest BCUT2D eigenvalue weighted by Gasteiger charge is -2.36. The highest BCUT2D eigenvalue weighted by atomic mass is 19.1. The second-order valence-corrected chi connectivity index (χ2v) is 22.4. The van der Waals surface area contributed by atoms with Crippen LogP contribution in [0.2, 0.25) is 0 Å². The maximum absolute atomic E-state index is 14.3. The molecule has 1 atom stereocenters. The Kier molecular flexibility index (Phi) is 37.3. The summed E-state index contributed by atoms with van der Waals surface area (Å²) in [5, 5.41) is 3.16. The van der Waals surface area contributed by atoms with Gasteiger partial charge in [0.15, 0.2) is 0 Å². The van der Waals surface area contributed by atoms with Crippen molar-refractivity contribution in [3.05, 3.63) is 101 Å². The van der Waals surface area contributed by atoms with Crippen LogP contribution in [0.3, 0.4) is 0 Å². The number of Topliss-reactive ketones (excluding diaryl/α,β-unsaturated/α-hetero) is 1. The van der Waals surface area contributed by atoms with Gasteiger partial charge in [-0.2, -0.15) is 0 Å². The van der Waals surface area contributed by atoms with Gasteiger partial charge in [0.25, 0.3) is 0 Å². The van der Waals surface area contributed by atoms with Crippen molar-refractivity contribution in [2.24, 2.45) is 40.0 Å². The molecule has 5 nitrogen and oxygen atoms in total. The lowest BCUT2D eigenvalue weighted by Crippen LogP contribution is -2.39. The summed E-state index contributed by atoms with van der Waals surface area (Å²) in [4.78, 5) is 29.5. The van der Waals surface area contributed by atoms with Gasteiger partial charge in [-0.1, -0.05) is 187 Å². The molecule has 0 aromatic heterocycles. The minimum atomic E-state index is -0.463. The Hall–Kier alpha value is -3.80. The van der Waals surface area contributed by atoms with E-state index in [-0.39, 0.29) is 23.4 Å². The minimum Gasteiger partial charge on any atom is -0.460 e. The smallest absolute Gasteiger partial charge is 0.309 e. The van der Waals surface area contributed by atoms with Crippen LogP contribution in [0.15, 0.2) is 89.1 Å². The second-order valence-electron chi connectivity index (χ2n) is 22.4. The molecule has 0 saturated heterocycles. The van der Waals surface area contributed by atoms with Crippen LogP contribution in [0.1, 0.15) is 246 Å². The summed E-state index contributed by atoms with van der Waals surface area (Å²) in [6, 6.07) is 6.35. The Balaban J connectivity index is -0.00000119. The number of benzene rings is 1. The molecule has 1 fully saturated rings. The molecule has 1 aliphatic carbocycles. The van der Waals surface area contributed by atoms with Gasteiger partial charge in [-0.3, -0.25) is 14.6 Å². The van der Waals surface area contributed by atoms with Crippen LogP contribution in [-0.2, 0) is 19.7 Å². The number of hydrogen-bond donors (Lipinski definition) is 1. The van der Waals surface area contributed by atoms with Gasteiger partial charge in [-0.05, 0) is 156 Å². The number of ether oxygens (including phenoxy) is 1. The number of esters is 1. The van der Waals surface area contributed by atoms with Gasteiger partial charge < -0.3 is 10.1 Å². The van der Waals surface area contributed by atoms with E-state index in [0.717, 1.165) is 95.5 Å². The monoisotopic (exact) mass is 975 g/mol. The fourth-order valence-electron chi connectivity index (χ4n) is 7.74. The zero-order valence-corrected chi connectivity index (χ0v) is 50.0. The molecule has 1 unspecified atom stereocenters. The second kappa shape index (κ2) is 37.0. The number of ketones is 1. The Morgan fingerprint density at radius 3 is 1.79 bits per heavy atom. The van der Waals surface area contributed by atoms with Gasteiger partial charge in [0.05, 0.1) is 22.7 Å². The molecule has 0 radical (unpaired) electrons. The zero-order valence-electron chi connectivity index (χ0n) is 50.0. The van der Waals surface area contributed by atoms with Crippen LogP contribution >= 0.6 is 0 Å². The molecule has 0 spiro atoms. The van der Waals surface area contributed by atoms with Crippen molar-refractivity contribution in [2.75, 3.05) is 0 Å². The van der Waals surface area contributed by atoms with Gasteiger partial charge in [0.1, 0.15) is 17.2 Å². The van der Waals surface area contributed by atoms with Crippen molar-refractivity contribution >= 4 is 23.5 Å². The number of rotatable bonds is 22. The molecule has 1 aromatic carbocycles. The molecule has 70 heavy (non-hydrogen) atoms. The molecule has 0 bridgehead atoms. The van der Waals surface area contributed by atoms with Crippen molar-refractivity contribution < 1.29 is 18.7 Å². The highest BCUT2D eigenvalue weighted by molar-refractivity contribution is 5.92. The molecular weight excluding hydrogens is 864 g/mol. The number of carbonyl (C=O) groups excluding carboxylic acids is 2. The molecular formula is C64H111FN2O3. The number of aryl methyl sites for hydroxylation is 1. The summed E-state index contributed by atoms with van der Waals surface area (Å²) >= 11 is 0. The normalized spacial score (nSPS) is 16.2. The maximum Gasteiger partial charge on any atom is 0.309 e. The molecule has 0 heterocycles. The Labute approximate surface area is 434 Å². The topological polar surface area (TPSA) is 67.8 Å². The van der Waals surface area contributed by atoms with E-state index in [1.165, 1.54) is 44.6 Å². The summed E-state index contributed by atoms with van der Waals surface area (Å²) in [6.07, 6.45) is 22.2. The largest absolute Gasteiger partial charge is 0.460 e. The van der Waals surface area contributed by atoms with Crippen molar-refractivity contribution in [1.82, 2.24) is 5.32 Å². The molecule has 1 saturated carbocycles.